The molecule has 0 fully saturated rings. The number of carbonyl (C=O) groups excluding carboxylic acids is 1. The molecule has 0 aliphatic rings. The first kappa shape index (κ1) is 13.0. The van der Waals surface area contributed by atoms with E-state index >= 15 is 0 Å². The number of aromatic nitrogens is 1. The Kier molecular flexibility index (Phi) is 3.66. The molecule has 0 radical (unpaired) electrons. The Bertz CT molecular complexity index is 805. The van der Waals surface area contributed by atoms with Crippen molar-refractivity contribution in [3.63, 3.8) is 0 Å². The Balaban J connectivity index is 1.82. The van der Waals surface area contributed by atoms with Crippen LogP contribution in [0.3, 0.4) is 0 Å². The highest BCUT2D eigenvalue weighted by Crippen LogP contribution is 2.09. The van der Waals surface area contributed by atoms with Gasteiger partial charge in [0.15, 0.2) is 5.78 Å². The summed E-state index contributed by atoms with van der Waals surface area (Å²) in [5, 5.41) is 0. The molecular formula is C19H13NO. The largest absolute Gasteiger partial charge is 0.289 e. The highest BCUT2D eigenvalue weighted by Gasteiger charge is 2.09. The number of ketones is 1. The fourth-order valence-electron chi connectivity index (χ4n) is 2.01. The lowest BCUT2D eigenvalue weighted by Gasteiger charge is -1.96. The predicted octanol–water partition coefficient (Wildman–Crippen LogP) is 3.58. The third kappa shape index (κ3) is 3.10. The molecule has 0 bridgehead atoms. The van der Waals surface area contributed by atoms with Gasteiger partial charge in [-0.25, -0.2) is 0 Å². The Morgan fingerprint density at radius 1 is 0.810 bits per heavy atom. The lowest BCUT2D eigenvalue weighted by atomic mass is 10.1. The lowest BCUT2D eigenvalue weighted by molar-refractivity contribution is 0.103. The van der Waals surface area contributed by atoms with E-state index < -0.39 is 0 Å². The third-order valence-corrected chi connectivity index (χ3v) is 3.09. The number of rotatable bonds is 2. The molecule has 1 heterocycles. The third-order valence-electron chi connectivity index (χ3n) is 3.09. The summed E-state index contributed by atoms with van der Waals surface area (Å²) in [5.41, 5.74) is 2.27. The van der Waals surface area contributed by atoms with Crippen LogP contribution in [0.4, 0.5) is 0 Å². The van der Waals surface area contributed by atoms with Gasteiger partial charge in [-0.15, -0.1) is 0 Å². The number of nitrogens with zero attached hydrogens (tertiary/aromatic N) is 1. The minimum atomic E-state index is 0.0101. The first-order valence-electron chi connectivity index (χ1n) is 6.68. The fourth-order valence-corrected chi connectivity index (χ4v) is 2.01. The van der Waals surface area contributed by atoms with Crippen molar-refractivity contribution in [3.8, 4) is 12.0 Å². The molecule has 0 saturated heterocycles. The second kappa shape index (κ2) is 5.94. The van der Waals surface area contributed by atoms with Crippen LogP contribution in [0.15, 0.2) is 79.1 Å². The molecule has 0 unspecified atom stereocenters. The highest BCUT2D eigenvalue weighted by molar-refractivity contribution is 6.08. The normalized spacial score (nSPS) is 9.71. The van der Waals surface area contributed by atoms with Crippen LogP contribution < -0.4 is 0 Å². The molecule has 0 N–H and O–H groups in total. The molecule has 2 nitrogen and oxygen atoms in total. The molecule has 1 aromatic heterocycles. The van der Waals surface area contributed by atoms with E-state index in [0.717, 1.165) is 5.56 Å². The molecule has 0 aliphatic heterocycles. The van der Waals surface area contributed by atoms with Gasteiger partial charge in [0.2, 0.25) is 0 Å². The molecule has 100 valence electrons. The maximum atomic E-state index is 12.3. The van der Waals surface area contributed by atoms with Crippen molar-refractivity contribution >= 4 is 5.78 Å². The van der Waals surface area contributed by atoms with E-state index in [-0.39, 0.29) is 5.78 Å². The monoisotopic (exact) mass is 271 g/mol. The van der Waals surface area contributed by atoms with Gasteiger partial charge < -0.3 is 0 Å². The van der Waals surface area contributed by atoms with Gasteiger partial charge in [-0.3, -0.25) is 9.36 Å². The smallest absolute Gasteiger partial charge is 0.194 e. The molecular weight excluding hydrogens is 258 g/mol. The van der Waals surface area contributed by atoms with Crippen LogP contribution in [0.2, 0.25) is 0 Å². The summed E-state index contributed by atoms with van der Waals surface area (Å²) < 4.78 is 1.71. The average molecular weight is 271 g/mol. The standard InChI is InChI=1S/C19H13NO/c21-19(17-9-5-2-6-10-17)18-12-14-20(15-18)13-11-16-7-3-1-4-8-16/h1-10,12,14-15H. The Labute approximate surface area is 123 Å². The summed E-state index contributed by atoms with van der Waals surface area (Å²) in [6.45, 7) is 0. The van der Waals surface area contributed by atoms with Crippen LogP contribution in [-0.2, 0) is 0 Å². The van der Waals surface area contributed by atoms with Gasteiger partial charge >= 0.3 is 0 Å². The van der Waals surface area contributed by atoms with Crippen molar-refractivity contribution in [1.82, 2.24) is 4.57 Å². The van der Waals surface area contributed by atoms with Crippen LogP contribution in [0, 0.1) is 12.0 Å². The maximum Gasteiger partial charge on any atom is 0.194 e. The summed E-state index contributed by atoms with van der Waals surface area (Å²) in [6, 6.07) is 23.8. The topological polar surface area (TPSA) is 22.0 Å². The van der Waals surface area contributed by atoms with E-state index in [9.17, 15) is 4.79 Å². The lowest BCUT2D eigenvalue weighted by Crippen LogP contribution is -1.99. The quantitative estimate of drug-likeness (QED) is 0.516. The van der Waals surface area contributed by atoms with Gasteiger partial charge in [-0.2, -0.15) is 0 Å². The minimum absolute atomic E-state index is 0.0101. The van der Waals surface area contributed by atoms with Gasteiger partial charge in [0, 0.05) is 35.1 Å². The molecule has 2 heteroatoms. The van der Waals surface area contributed by atoms with E-state index in [0.29, 0.717) is 11.1 Å². The van der Waals surface area contributed by atoms with Crippen molar-refractivity contribution in [2.75, 3.05) is 0 Å². The van der Waals surface area contributed by atoms with Crippen molar-refractivity contribution in [2.24, 2.45) is 0 Å². The summed E-state index contributed by atoms with van der Waals surface area (Å²) >= 11 is 0. The molecule has 0 atom stereocenters. The first-order valence-corrected chi connectivity index (χ1v) is 6.68. The number of carbonyl (C=O) groups is 1. The first-order chi connectivity index (χ1) is 10.3. The Morgan fingerprint density at radius 2 is 1.48 bits per heavy atom. The zero-order valence-electron chi connectivity index (χ0n) is 11.4. The molecule has 0 amide bonds. The average Bonchev–Trinajstić information content (AvgIpc) is 3.03. The van der Waals surface area contributed by atoms with Gasteiger partial charge in [0.25, 0.3) is 0 Å². The summed E-state index contributed by atoms with van der Waals surface area (Å²) in [5.74, 6) is 3.06. The van der Waals surface area contributed by atoms with E-state index in [2.05, 4.69) is 12.0 Å². The molecule has 3 rings (SSSR count). The van der Waals surface area contributed by atoms with Crippen LogP contribution in [0.25, 0.3) is 0 Å². The van der Waals surface area contributed by atoms with Gasteiger partial charge in [0.05, 0.1) is 0 Å². The fraction of sp³-hybridized carbons (Fsp3) is 0. The van der Waals surface area contributed by atoms with E-state index in [1.807, 2.05) is 60.7 Å². The second-order valence-electron chi connectivity index (χ2n) is 4.61. The van der Waals surface area contributed by atoms with Crippen LogP contribution in [0.1, 0.15) is 21.5 Å². The van der Waals surface area contributed by atoms with E-state index in [4.69, 9.17) is 0 Å². The van der Waals surface area contributed by atoms with Gasteiger partial charge in [-0.1, -0.05) is 48.5 Å². The van der Waals surface area contributed by atoms with E-state index in [1.54, 1.807) is 23.0 Å². The second-order valence-corrected chi connectivity index (χ2v) is 4.61. The van der Waals surface area contributed by atoms with E-state index in [1.165, 1.54) is 0 Å². The molecule has 3 aromatic rings. The minimum Gasteiger partial charge on any atom is -0.289 e. The number of hydrogen-bond donors (Lipinski definition) is 0. The zero-order chi connectivity index (χ0) is 14.5. The van der Waals surface area contributed by atoms with Crippen molar-refractivity contribution in [3.05, 3.63) is 95.8 Å². The molecule has 2 aromatic carbocycles. The highest BCUT2D eigenvalue weighted by atomic mass is 16.1. The van der Waals surface area contributed by atoms with Gasteiger partial charge in [-0.05, 0) is 24.1 Å². The van der Waals surface area contributed by atoms with Crippen molar-refractivity contribution < 1.29 is 4.79 Å². The molecule has 0 aliphatic carbocycles. The number of hydrogen-bond acceptors (Lipinski definition) is 1. The van der Waals surface area contributed by atoms with Crippen LogP contribution >= 0.6 is 0 Å². The van der Waals surface area contributed by atoms with Crippen molar-refractivity contribution in [1.29, 1.82) is 0 Å². The van der Waals surface area contributed by atoms with Crippen LogP contribution in [-0.4, -0.2) is 10.4 Å². The maximum absolute atomic E-state index is 12.3. The van der Waals surface area contributed by atoms with Crippen molar-refractivity contribution in [2.45, 2.75) is 0 Å². The predicted molar refractivity (Wildman–Crippen MR) is 83.0 cm³/mol. The van der Waals surface area contributed by atoms with Gasteiger partial charge in [0.1, 0.15) is 0 Å². The molecule has 0 spiro atoms. The summed E-state index contributed by atoms with van der Waals surface area (Å²) in [6.07, 6.45) is 3.55. The molecule has 0 saturated carbocycles. The van der Waals surface area contributed by atoms with Crippen LogP contribution in [0.5, 0.6) is 0 Å². The SMILES string of the molecule is O=C(c1ccccc1)c1ccn(C#Cc2ccccc2)c1. The summed E-state index contributed by atoms with van der Waals surface area (Å²) in [7, 11) is 0. The summed E-state index contributed by atoms with van der Waals surface area (Å²) in [4.78, 5) is 12.3. The Morgan fingerprint density at radius 3 is 2.19 bits per heavy atom. The molecule has 21 heavy (non-hydrogen) atoms. The Hall–Kier alpha value is -3.05. The number of benzene rings is 2. The zero-order valence-corrected chi connectivity index (χ0v) is 11.4.